The SMILES string of the molecule is CC(=O)OC[C@H]1O[C@H](OC[C@H]2O[C@H](OCCCCCC(=O)ON3C(=O)CCC3=O)[C@@H](OC(C)=O)[C@@H](OC(C)=O)[C@@H]2OC(C)=O)[C@@H](OC(C)=O)[C@@H](OC(C)=O)[C@@H]1OC(C)=O. The lowest BCUT2D eigenvalue weighted by molar-refractivity contribution is -0.334. The molecule has 0 aromatic carbocycles. The van der Waals surface area contributed by atoms with Gasteiger partial charge in [-0.15, -0.1) is 5.06 Å². The van der Waals surface area contributed by atoms with Crippen LogP contribution >= 0.6 is 0 Å². The first-order valence-electron chi connectivity index (χ1n) is 18.5. The van der Waals surface area contributed by atoms with Crippen molar-refractivity contribution in [2.45, 2.75) is 148 Å². The molecule has 59 heavy (non-hydrogen) atoms. The number of amides is 2. The van der Waals surface area contributed by atoms with Crippen LogP contribution in [0.4, 0.5) is 0 Å². The number of carbonyl (C=O) groups is 10. The smallest absolute Gasteiger partial charge is 0.333 e. The molecular weight excluding hydrogens is 798 g/mol. The van der Waals surface area contributed by atoms with E-state index in [1.54, 1.807) is 0 Å². The molecule has 0 radical (unpaired) electrons. The van der Waals surface area contributed by atoms with Gasteiger partial charge in [0.05, 0.1) is 6.61 Å². The Morgan fingerprint density at radius 2 is 0.915 bits per heavy atom. The predicted molar refractivity (Wildman–Crippen MR) is 185 cm³/mol. The molecule has 3 rings (SSSR count). The summed E-state index contributed by atoms with van der Waals surface area (Å²) in [5, 5.41) is 0.444. The Morgan fingerprint density at radius 1 is 0.508 bits per heavy atom. The van der Waals surface area contributed by atoms with Gasteiger partial charge in [-0.3, -0.25) is 43.2 Å². The van der Waals surface area contributed by atoms with Crippen LogP contribution in [0.15, 0.2) is 0 Å². The highest BCUT2D eigenvalue weighted by atomic mass is 16.8. The number of imide groups is 1. The quantitative estimate of drug-likeness (QED) is 0.0703. The van der Waals surface area contributed by atoms with Gasteiger partial charge in [0.2, 0.25) is 0 Å². The summed E-state index contributed by atoms with van der Waals surface area (Å²) in [6, 6.07) is 0. The van der Waals surface area contributed by atoms with Gasteiger partial charge in [0.1, 0.15) is 18.8 Å². The third kappa shape index (κ3) is 15.1. The fraction of sp³-hybridized carbons (Fsp3) is 0.722. The average molecular weight is 848 g/mol. The monoisotopic (exact) mass is 847 g/mol. The van der Waals surface area contributed by atoms with E-state index in [1.807, 2.05) is 0 Å². The van der Waals surface area contributed by atoms with E-state index in [4.69, 9.17) is 56.9 Å². The minimum Gasteiger partial charge on any atom is -0.463 e. The van der Waals surface area contributed by atoms with Gasteiger partial charge in [0, 0.05) is 74.3 Å². The summed E-state index contributed by atoms with van der Waals surface area (Å²) in [7, 11) is 0. The first kappa shape index (κ1) is 48.1. The Labute approximate surface area is 337 Å². The average Bonchev–Trinajstić information content (AvgIpc) is 3.43. The minimum absolute atomic E-state index is 0.0518. The van der Waals surface area contributed by atoms with Gasteiger partial charge in [-0.25, -0.2) is 4.79 Å². The number of rotatable bonds is 19. The number of carbonyl (C=O) groups excluding carboxylic acids is 10. The zero-order chi connectivity index (χ0) is 44.0. The molecule has 10 atom stereocenters. The molecule has 3 heterocycles. The van der Waals surface area contributed by atoms with E-state index in [9.17, 15) is 47.9 Å². The fourth-order valence-corrected chi connectivity index (χ4v) is 6.19. The Hall–Kier alpha value is -5.26. The molecule has 0 aliphatic carbocycles. The van der Waals surface area contributed by atoms with E-state index in [0.717, 1.165) is 48.5 Å². The van der Waals surface area contributed by atoms with Crippen molar-refractivity contribution in [3.63, 3.8) is 0 Å². The second-order valence-corrected chi connectivity index (χ2v) is 13.4. The number of hydroxylamine groups is 2. The second-order valence-electron chi connectivity index (χ2n) is 13.4. The molecular formula is C36H49NO22. The van der Waals surface area contributed by atoms with Gasteiger partial charge >= 0.3 is 47.8 Å². The largest absolute Gasteiger partial charge is 0.463 e. The van der Waals surface area contributed by atoms with E-state index in [2.05, 4.69) is 0 Å². The molecule has 0 spiro atoms. The van der Waals surface area contributed by atoms with Crippen molar-refractivity contribution < 1.29 is 105 Å². The Bertz CT molecular complexity index is 1560. The van der Waals surface area contributed by atoms with Crippen LogP contribution in [-0.4, -0.2) is 146 Å². The molecule has 0 aromatic rings. The highest BCUT2D eigenvalue weighted by Crippen LogP contribution is 2.33. The van der Waals surface area contributed by atoms with Gasteiger partial charge in [-0.1, -0.05) is 6.42 Å². The van der Waals surface area contributed by atoms with Crippen molar-refractivity contribution in [3.8, 4) is 0 Å². The fourth-order valence-electron chi connectivity index (χ4n) is 6.19. The lowest BCUT2D eigenvalue weighted by Crippen LogP contribution is -2.65. The van der Waals surface area contributed by atoms with Crippen LogP contribution in [0, 0.1) is 0 Å². The molecule has 0 saturated carbocycles. The Balaban J connectivity index is 1.86. The molecule has 0 bridgehead atoms. The van der Waals surface area contributed by atoms with Crippen LogP contribution in [0.1, 0.15) is 87.0 Å². The molecule has 330 valence electrons. The van der Waals surface area contributed by atoms with Crippen molar-refractivity contribution >= 4 is 59.6 Å². The summed E-state index contributed by atoms with van der Waals surface area (Å²) < 4.78 is 61.8. The second kappa shape index (κ2) is 22.8. The van der Waals surface area contributed by atoms with Crippen LogP contribution < -0.4 is 0 Å². The Kier molecular flexibility index (Phi) is 18.6. The molecule has 3 saturated heterocycles. The van der Waals surface area contributed by atoms with Gasteiger partial charge < -0.3 is 56.9 Å². The molecule has 23 nitrogen and oxygen atoms in total. The molecule has 2 amide bonds. The van der Waals surface area contributed by atoms with Crippen LogP contribution in [0.25, 0.3) is 0 Å². The van der Waals surface area contributed by atoms with Crippen molar-refractivity contribution in [1.29, 1.82) is 0 Å². The number of ether oxygens (including phenoxy) is 11. The number of nitrogens with zero attached hydrogens (tertiary/aromatic N) is 1. The first-order chi connectivity index (χ1) is 27.8. The van der Waals surface area contributed by atoms with Crippen LogP contribution in [0.2, 0.25) is 0 Å². The lowest BCUT2D eigenvalue weighted by atomic mass is 9.97. The highest BCUT2D eigenvalue weighted by Gasteiger charge is 2.55. The summed E-state index contributed by atoms with van der Waals surface area (Å²) in [5.41, 5.74) is 0. The normalized spacial score (nSPS) is 27.8. The van der Waals surface area contributed by atoms with E-state index in [0.29, 0.717) is 11.5 Å². The maximum atomic E-state index is 12.4. The standard InChI is InChI=1S/C36H49NO22/c1-17(38)49-15-24-29(51-18(2)39)32(54-21(5)42)34(56-23(7)44)36(58-24)50-16-25-30(52-19(3)40)31(53-20(4)41)33(55-22(6)43)35(57-25)48-14-10-8-9-11-28(47)59-37-26(45)12-13-27(37)46/h24-25,29-36H,8-16H2,1-7H3/t24-,25-,29-,30-,31+,32+,33+,34+,35+,36+/m1/s1. The molecule has 3 aliphatic rings. The zero-order valence-electron chi connectivity index (χ0n) is 33.6. The van der Waals surface area contributed by atoms with Gasteiger partial charge in [0.25, 0.3) is 11.8 Å². The molecule has 0 N–H and O–H groups in total. The highest BCUT2D eigenvalue weighted by molar-refractivity contribution is 6.01. The van der Waals surface area contributed by atoms with Crippen LogP contribution in [0.5, 0.6) is 0 Å². The van der Waals surface area contributed by atoms with Crippen molar-refractivity contribution in [2.24, 2.45) is 0 Å². The third-order valence-corrected chi connectivity index (χ3v) is 8.38. The summed E-state index contributed by atoms with van der Waals surface area (Å²) >= 11 is 0. The first-order valence-corrected chi connectivity index (χ1v) is 18.5. The molecule has 3 aliphatic heterocycles. The topological polar surface area (TPSA) is 285 Å². The van der Waals surface area contributed by atoms with E-state index in [-0.39, 0.29) is 38.7 Å². The van der Waals surface area contributed by atoms with Crippen molar-refractivity contribution in [3.05, 3.63) is 0 Å². The van der Waals surface area contributed by atoms with Gasteiger partial charge in [0.15, 0.2) is 49.2 Å². The molecule has 3 fully saturated rings. The lowest BCUT2D eigenvalue weighted by Gasteiger charge is -2.46. The van der Waals surface area contributed by atoms with Crippen molar-refractivity contribution in [1.82, 2.24) is 5.06 Å². The number of unbranched alkanes of at least 4 members (excludes halogenated alkanes) is 2. The molecule has 0 aromatic heterocycles. The number of esters is 7. The minimum atomic E-state index is -1.69. The predicted octanol–water partition coefficient (Wildman–Crippen LogP) is -0.210. The number of hydrogen-bond acceptors (Lipinski definition) is 22. The maximum Gasteiger partial charge on any atom is 0.333 e. The summed E-state index contributed by atoms with van der Waals surface area (Å²) in [4.78, 5) is 126. The summed E-state index contributed by atoms with van der Waals surface area (Å²) in [5.74, 6) is -8.04. The molecule has 0 unspecified atom stereocenters. The Morgan fingerprint density at radius 3 is 1.36 bits per heavy atom. The van der Waals surface area contributed by atoms with Gasteiger partial charge in [-0.2, -0.15) is 0 Å². The van der Waals surface area contributed by atoms with E-state index in [1.165, 1.54) is 0 Å². The van der Waals surface area contributed by atoms with Crippen LogP contribution in [-0.2, 0) is 105 Å². The van der Waals surface area contributed by atoms with E-state index >= 15 is 0 Å². The summed E-state index contributed by atoms with van der Waals surface area (Å²) in [6.45, 7) is 6.05. The zero-order valence-corrected chi connectivity index (χ0v) is 33.6. The van der Waals surface area contributed by atoms with Gasteiger partial charge in [-0.05, 0) is 12.8 Å². The van der Waals surface area contributed by atoms with Crippen molar-refractivity contribution in [2.75, 3.05) is 19.8 Å². The van der Waals surface area contributed by atoms with E-state index < -0.39 is 134 Å². The van der Waals surface area contributed by atoms with Crippen LogP contribution in [0.3, 0.4) is 0 Å². The summed E-state index contributed by atoms with van der Waals surface area (Å²) in [6.07, 6.45) is -14.7. The maximum absolute atomic E-state index is 12.4. The third-order valence-electron chi connectivity index (χ3n) is 8.38. The molecule has 23 heteroatoms. The number of hydrogen-bond donors (Lipinski definition) is 0.